The number of amides is 1. The summed E-state index contributed by atoms with van der Waals surface area (Å²) in [6.45, 7) is 2.81. The molecule has 0 bridgehead atoms. The van der Waals surface area contributed by atoms with Gasteiger partial charge in [0.1, 0.15) is 5.75 Å². The van der Waals surface area contributed by atoms with Crippen LogP contribution < -0.4 is 21.1 Å². The molecule has 1 aromatic carbocycles. The Balaban J connectivity index is 1.53. The first-order valence-corrected chi connectivity index (χ1v) is 9.11. The molecular formula is C16H21N7O2S. The van der Waals surface area contributed by atoms with Crippen LogP contribution in [0.4, 0.5) is 17.6 Å². The minimum atomic E-state index is 0.0345. The Hall–Kier alpha value is -2.75. The summed E-state index contributed by atoms with van der Waals surface area (Å²) in [6, 6.07) is 7.90. The second-order valence-electron chi connectivity index (χ2n) is 5.66. The molecule has 1 amide bonds. The molecule has 1 fully saturated rings. The maximum absolute atomic E-state index is 12.4. The Labute approximate surface area is 155 Å². The number of aromatic nitrogens is 3. The molecule has 1 aliphatic heterocycles. The third-order valence-electron chi connectivity index (χ3n) is 4.03. The van der Waals surface area contributed by atoms with Gasteiger partial charge in [-0.25, -0.2) is 0 Å². The van der Waals surface area contributed by atoms with Gasteiger partial charge in [-0.05, 0) is 12.1 Å². The molecule has 1 aromatic heterocycles. The number of nitrogen functional groups attached to an aromatic ring is 2. The van der Waals surface area contributed by atoms with Crippen LogP contribution in [0.25, 0.3) is 0 Å². The molecule has 0 unspecified atom stereocenters. The lowest BCUT2D eigenvalue weighted by atomic mass is 10.2. The molecule has 138 valence electrons. The number of rotatable bonds is 5. The fourth-order valence-electron chi connectivity index (χ4n) is 2.76. The molecule has 1 saturated heterocycles. The Kier molecular flexibility index (Phi) is 5.61. The summed E-state index contributed by atoms with van der Waals surface area (Å²) >= 11 is 1.21. The van der Waals surface area contributed by atoms with Crippen molar-refractivity contribution in [1.82, 2.24) is 19.9 Å². The Morgan fingerprint density at radius 3 is 2.42 bits per heavy atom. The molecule has 0 spiro atoms. The molecule has 2 heterocycles. The van der Waals surface area contributed by atoms with Crippen molar-refractivity contribution in [1.29, 1.82) is 0 Å². The molecule has 0 radical (unpaired) electrons. The summed E-state index contributed by atoms with van der Waals surface area (Å²) in [5.74, 6) is 1.22. The van der Waals surface area contributed by atoms with Gasteiger partial charge in [-0.3, -0.25) is 4.79 Å². The van der Waals surface area contributed by atoms with Gasteiger partial charge in [0, 0.05) is 26.2 Å². The van der Waals surface area contributed by atoms with Gasteiger partial charge >= 0.3 is 0 Å². The highest BCUT2D eigenvalue weighted by molar-refractivity contribution is 7.99. The van der Waals surface area contributed by atoms with Crippen molar-refractivity contribution in [2.75, 3.05) is 55.4 Å². The van der Waals surface area contributed by atoms with Crippen LogP contribution in [0, 0.1) is 0 Å². The summed E-state index contributed by atoms with van der Waals surface area (Å²) < 4.78 is 5.41. The highest BCUT2D eigenvalue weighted by Gasteiger charge is 2.23. The van der Waals surface area contributed by atoms with Crippen molar-refractivity contribution < 1.29 is 9.53 Å². The van der Waals surface area contributed by atoms with Crippen LogP contribution in [0.15, 0.2) is 29.4 Å². The van der Waals surface area contributed by atoms with E-state index in [0.29, 0.717) is 18.2 Å². The molecule has 4 N–H and O–H groups in total. The first-order valence-electron chi connectivity index (χ1n) is 8.12. The fourth-order valence-corrected chi connectivity index (χ4v) is 3.51. The third kappa shape index (κ3) is 4.26. The minimum absolute atomic E-state index is 0.0345. The average molecular weight is 375 g/mol. The van der Waals surface area contributed by atoms with Gasteiger partial charge in [0.15, 0.2) is 5.16 Å². The van der Waals surface area contributed by atoms with Crippen molar-refractivity contribution in [2.24, 2.45) is 0 Å². The number of nitrogens with two attached hydrogens (primary N) is 2. The van der Waals surface area contributed by atoms with E-state index in [-0.39, 0.29) is 23.6 Å². The molecule has 0 atom stereocenters. The van der Waals surface area contributed by atoms with E-state index < -0.39 is 0 Å². The van der Waals surface area contributed by atoms with Gasteiger partial charge in [-0.15, -0.1) is 0 Å². The van der Waals surface area contributed by atoms with Gasteiger partial charge in [0.2, 0.25) is 17.8 Å². The van der Waals surface area contributed by atoms with Crippen molar-refractivity contribution in [3.8, 4) is 5.75 Å². The van der Waals surface area contributed by atoms with E-state index in [0.717, 1.165) is 24.5 Å². The molecule has 1 aliphatic rings. The van der Waals surface area contributed by atoms with Crippen LogP contribution in [-0.4, -0.2) is 64.8 Å². The van der Waals surface area contributed by atoms with Crippen molar-refractivity contribution in [3.05, 3.63) is 24.3 Å². The van der Waals surface area contributed by atoms with Gasteiger partial charge in [-0.2, -0.15) is 15.0 Å². The molecule has 0 saturated carbocycles. The predicted molar refractivity (Wildman–Crippen MR) is 101 cm³/mol. The van der Waals surface area contributed by atoms with Crippen LogP contribution in [0.1, 0.15) is 0 Å². The smallest absolute Gasteiger partial charge is 0.233 e. The number of carbonyl (C=O) groups is 1. The zero-order valence-electron chi connectivity index (χ0n) is 14.5. The van der Waals surface area contributed by atoms with E-state index in [2.05, 4.69) is 19.9 Å². The zero-order chi connectivity index (χ0) is 18.5. The van der Waals surface area contributed by atoms with Crippen LogP contribution in [0.5, 0.6) is 5.75 Å². The molecule has 0 aliphatic carbocycles. The van der Waals surface area contributed by atoms with E-state index in [1.165, 1.54) is 11.8 Å². The lowest BCUT2D eigenvalue weighted by molar-refractivity contribution is -0.128. The van der Waals surface area contributed by atoms with Crippen molar-refractivity contribution >= 4 is 35.3 Å². The normalized spacial score (nSPS) is 14.3. The lowest BCUT2D eigenvalue weighted by Gasteiger charge is -2.36. The third-order valence-corrected chi connectivity index (χ3v) is 4.86. The number of ether oxygens (including phenoxy) is 1. The van der Waals surface area contributed by atoms with Gasteiger partial charge in [-0.1, -0.05) is 23.9 Å². The Bertz CT molecular complexity index is 761. The van der Waals surface area contributed by atoms with Gasteiger partial charge < -0.3 is 26.0 Å². The molecule has 3 rings (SSSR count). The molecule has 10 heteroatoms. The molecule has 9 nitrogen and oxygen atoms in total. The second-order valence-corrected chi connectivity index (χ2v) is 6.61. The quantitative estimate of drug-likeness (QED) is 0.718. The minimum Gasteiger partial charge on any atom is -0.495 e. The van der Waals surface area contributed by atoms with E-state index in [1.54, 1.807) is 7.11 Å². The maximum Gasteiger partial charge on any atom is 0.233 e. The number of hydrogen-bond donors (Lipinski definition) is 2. The van der Waals surface area contributed by atoms with Gasteiger partial charge in [0.25, 0.3) is 0 Å². The topological polar surface area (TPSA) is 123 Å². The number of methoxy groups -OCH3 is 1. The highest BCUT2D eigenvalue weighted by atomic mass is 32.2. The monoisotopic (exact) mass is 375 g/mol. The van der Waals surface area contributed by atoms with Crippen LogP contribution in [0.3, 0.4) is 0 Å². The number of anilines is 3. The number of piperazine rings is 1. The summed E-state index contributed by atoms with van der Waals surface area (Å²) in [7, 11) is 1.66. The summed E-state index contributed by atoms with van der Waals surface area (Å²) in [6.07, 6.45) is 0. The van der Waals surface area contributed by atoms with Crippen LogP contribution in [0.2, 0.25) is 0 Å². The maximum atomic E-state index is 12.4. The number of hydrogen-bond acceptors (Lipinski definition) is 9. The van der Waals surface area contributed by atoms with Crippen LogP contribution >= 0.6 is 11.8 Å². The zero-order valence-corrected chi connectivity index (χ0v) is 15.3. The SMILES string of the molecule is COc1ccccc1N1CCN(C(=O)CSc2nc(N)nc(N)n2)CC1. The van der Waals surface area contributed by atoms with E-state index in [9.17, 15) is 4.79 Å². The number of thioether (sulfide) groups is 1. The number of carbonyl (C=O) groups excluding carboxylic acids is 1. The van der Waals surface area contributed by atoms with E-state index in [4.69, 9.17) is 16.2 Å². The average Bonchev–Trinajstić information content (AvgIpc) is 2.65. The van der Waals surface area contributed by atoms with E-state index >= 15 is 0 Å². The predicted octanol–water partition coefficient (Wildman–Crippen LogP) is 0.486. The molecule has 2 aromatic rings. The first-order chi connectivity index (χ1) is 12.6. The number of nitrogens with zero attached hydrogens (tertiary/aromatic N) is 5. The van der Waals surface area contributed by atoms with E-state index in [1.807, 2.05) is 29.2 Å². The van der Waals surface area contributed by atoms with Crippen molar-refractivity contribution in [2.45, 2.75) is 5.16 Å². The first kappa shape index (κ1) is 18.1. The van der Waals surface area contributed by atoms with Crippen LogP contribution in [-0.2, 0) is 4.79 Å². The fraction of sp³-hybridized carbons (Fsp3) is 0.375. The van der Waals surface area contributed by atoms with Gasteiger partial charge in [0.05, 0.1) is 18.6 Å². The largest absolute Gasteiger partial charge is 0.495 e. The summed E-state index contributed by atoms with van der Waals surface area (Å²) in [5, 5.41) is 0.357. The number of benzene rings is 1. The molecule has 26 heavy (non-hydrogen) atoms. The standard InChI is InChI=1S/C16H21N7O2S/c1-25-12-5-3-2-4-11(12)22-6-8-23(9-7-22)13(24)10-26-16-20-14(17)19-15(18)21-16/h2-5H,6-10H2,1H3,(H4,17,18,19,20,21). The van der Waals surface area contributed by atoms with Crippen molar-refractivity contribution in [3.63, 3.8) is 0 Å². The molecular weight excluding hydrogens is 354 g/mol. The lowest BCUT2D eigenvalue weighted by Crippen LogP contribution is -2.49. The highest BCUT2D eigenvalue weighted by Crippen LogP contribution is 2.28. The Morgan fingerprint density at radius 1 is 1.12 bits per heavy atom. The Morgan fingerprint density at radius 2 is 1.77 bits per heavy atom. The number of para-hydroxylation sites is 2. The summed E-state index contributed by atoms with van der Waals surface area (Å²) in [5.41, 5.74) is 12.1. The summed E-state index contributed by atoms with van der Waals surface area (Å²) in [4.78, 5) is 28.1. The second kappa shape index (κ2) is 8.09.